The lowest BCUT2D eigenvalue weighted by atomic mass is 9.74. The third kappa shape index (κ3) is 4.48. The second-order valence-electron chi connectivity index (χ2n) is 6.02. The number of rotatable bonds is 5. The van der Waals surface area contributed by atoms with E-state index in [0.717, 1.165) is 25.7 Å². The highest BCUT2D eigenvalue weighted by Gasteiger charge is 2.39. The molecule has 4 nitrogen and oxygen atoms in total. The van der Waals surface area contributed by atoms with E-state index in [1.54, 1.807) is 13.8 Å². The normalized spacial score (nSPS) is 20.8. The Morgan fingerprint density at radius 2 is 1.58 bits per heavy atom. The van der Waals surface area contributed by atoms with Crippen LogP contribution >= 0.6 is 0 Å². The van der Waals surface area contributed by atoms with E-state index in [0.29, 0.717) is 12.8 Å². The fraction of sp³-hybridized carbons (Fsp3) is 0.929. The molecule has 0 aromatic carbocycles. The summed E-state index contributed by atoms with van der Waals surface area (Å²) in [6.07, 6.45) is 6.59. The van der Waals surface area contributed by atoms with Crippen LogP contribution in [0, 0.1) is 5.41 Å². The molecule has 1 saturated carbocycles. The first-order chi connectivity index (χ1) is 8.80. The molecule has 0 spiro atoms. The van der Waals surface area contributed by atoms with Crippen molar-refractivity contribution in [3.8, 4) is 0 Å². The van der Waals surface area contributed by atoms with Gasteiger partial charge in [-0.05, 0) is 33.1 Å². The van der Waals surface area contributed by atoms with E-state index in [4.69, 9.17) is 0 Å². The molecule has 0 heterocycles. The number of carbonyl (C=O) groups is 1. The number of sulfone groups is 1. The fourth-order valence-electron chi connectivity index (χ4n) is 2.73. The Balaban J connectivity index is 2.78. The van der Waals surface area contributed by atoms with E-state index in [9.17, 15) is 18.3 Å². The maximum Gasteiger partial charge on any atom is 0.309 e. The molecule has 19 heavy (non-hydrogen) atoms. The zero-order valence-corrected chi connectivity index (χ0v) is 12.8. The van der Waals surface area contributed by atoms with Gasteiger partial charge in [0.1, 0.15) is 0 Å². The monoisotopic (exact) mass is 290 g/mol. The lowest BCUT2D eigenvalue weighted by molar-refractivity contribution is -0.150. The van der Waals surface area contributed by atoms with Crippen LogP contribution in [-0.2, 0) is 14.6 Å². The summed E-state index contributed by atoms with van der Waals surface area (Å²) >= 11 is 0. The number of aliphatic carboxylic acids is 1. The van der Waals surface area contributed by atoms with Crippen molar-refractivity contribution in [2.24, 2.45) is 5.41 Å². The molecule has 0 saturated heterocycles. The summed E-state index contributed by atoms with van der Waals surface area (Å²) in [6.45, 7) is 3.31. The fourth-order valence-corrected chi connectivity index (χ4v) is 3.87. The van der Waals surface area contributed by atoms with Gasteiger partial charge in [-0.3, -0.25) is 4.79 Å². The minimum atomic E-state index is -3.15. The van der Waals surface area contributed by atoms with Crippen LogP contribution in [0.2, 0.25) is 0 Å². The average Bonchev–Trinajstić information content (AvgIpc) is 2.27. The highest BCUT2D eigenvalue weighted by atomic mass is 32.2. The van der Waals surface area contributed by atoms with Crippen LogP contribution in [0.5, 0.6) is 0 Å². The molecule has 1 aliphatic rings. The van der Waals surface area contributed by atoms with Crippen LogP contribution in [-0.4, -0.2) is 30.5 Å². The highest BCUT2D eigenvalue weighted by Crippen LogP contribution is 2.38. The van der Waals surface area contributed by atoms with Gasteiger partial charge in [0.25, 0.3) is 0 Å². The van der Waals surface area contributed by atoms with Gasteiger partial charge in [-0.25, -0.2) is 8.42 Å². The molecule has 1 aliphatic carbocycles. The van der Waals surface area contributed by atoms with Gasteiger partial charge in [0.05, 0.1) is 16.4 Å². The van der Waals surface area contributed by atoms with Gasteiger partial charge in [0, 0.05) is 0 Å². The predicted molar refractivity (Wildman–Crippen MR) is 75.9 cm³/mol. The van der Waals surface area contributed by atoms with E-state index in [1.807, 2.05) is 0 Å². The predicted octanol–water partition coefficient (Wildman–Crippen LogP) is 3.02. The van der Waals surface area contributed by atoms with E-state index < -0.39 is 26.5 Å². The largest absolute Gasteiger partial charge is 0.481 e. The molecule has 0 aromatic heterocycles. The quantitative estimate of drug-likeness (QED) is 0.845. The summed E-state index contributed by atoms with van der Waals surface area (Å²) in [7, 11) is -3.15. The van der Waals surface area contributed by atoms with Crippen molar-refractivity contribution in [3.05, 3.63) is 0 Å². The molecule has 0 aromatic rings. The molecule has 0 unspecified atom stereocenters. The van der Waals surface area contributed by atoms with Gasteiger partial charge >= 0.3 is 5.97 Å². The van der Waals surface area contributed by atoms with Crippen molar-refractivity contribution in [1.29, 1.82) is 0 Å². The van der Waals surface area contributed by atoms with Gasteiger partial charge in [0.15, 0.2) is 9.84 Å². The van der Waals surface area contributed by atoms with Gasteiger partial charge in [-0.2, -0.15) is 0 Å². The summed E-state index contributed by atoms with van der Waals surface area (Å²) in [6, 6.07) is 0. The number of carboxylic acids is 1. The molecular formula is C14H26O4S. The van der Waals surface area contributed by atoms with E-state index in [-0.39, 0.29) is 12.2 Å². The number of hydrogen-bond acceptors (Lipinski definition) is 3. The van der Waals surface area contributed by atoms with Crippen molar-refractivity contribution in [1.82, 2.24) is 0 Å². The number of hydrogen-bond donors (Lipinski definition) is 1. The van der Waals surface area contributed by atoms with Crippen molar-refractivity contribution in [3.63, 3.8) is 0 Å². The molecule has 0 bridgehead atoms. The molecule has 0 radical (unpaired) electrons. The molecule has 5 heteroatoms. The van der Waals surface area contributed by atoms with Crippen molar-refractivity contribution in [2.75, 3.05) is 5.75 Å². The van der Waals surface area contributed by atoms with Crippen molar-refractivity contribution < 1.29 is 18.3 Å². The van der Waals surface area contributed by atoms with Crippen LogP contribution in [0.1, 0.15) is 65.2 Å². The van der Waals surface area contributed by atoms with Gasteiger partial charge in [-0.15, -0.1) is 0 Å². The van der Waals surface area contributed by atoms with E-state index in [2.05, 4.69) is 0 Å². The zero-order valence-electron chi connectivity index (χ0n) is 12.0. The topological polar surface area (TPSA) is 71.4 Å². The first-order valence-electron chi connectivity index (χ1n) is 7.25. The number of carboxylic acid groups (broad SMARTS) is 1. The molecule has 0 atom stereocenters. The highest BCUT2D eigenvalue weighted by molar-refractivity contribution is 7.91. The Morgan fingerprint density at radius 3 is 2.00 bits per heavy atom. The lowest BCUT2D eigenvalue weighted by Crippen LogP contribution is -2.35. The van der Waals surface area contributed by atoms with E-state index in [1.165, 1.54) is 6.42 Å². The van der Waals surface area contributed by atoms with Gasteiger partial charge in [-0.1, -0.05) is 32.1 Å². The second-order valence-corrected chi connectivity index (χ2v) is 8.70. The van der Waals surface area contributed by atoms with Crippen molar-refractivity contribution >= 4 is 15.8 Å². The first-order valence-corrected chi connectivity index (χ1v) is 8.97. The Bertz CT molecular complexity index is 390. The minimum Gasteiger partial charge on any atom is -0.481 e. The second kappa shape index (κ2) is 6.73. The minimum absolute atomic E-state index is 0.00301. The lowest BCUT2D eigenvalue weighted by Gasteiger charge is -2.31. The Kier molecular flexibility index (Phi) is 5.83. The summed E-state index contributed by atoms with van der Waals surface area (Å²) < 4.78 is 23.8. The molecule has 0 amide bonds. The third-order valence-corrected chi connectivity index (χ3v) is 6.56. The third-order valence-electron chi connectivity index (χ3n) is 4.35. The molecular weight excluding hydrogens is 264 g/mol. The summed E-state index contributed by atoms with van der Waals surface area (Å²) in [5, 5.41) is 9.12. The summed E-state index contributed by atoms with van der Waals surface area (Å²) in [5.74, 6) is -0.815. The Labute approximate surface area is 116 Å². The van der Waals surface area contributed by atoms with Crippen LogP contribution < -0.4 is 0 Å². The molecule has 112 valence electrons. The SMILES string of the molecule is CC(C)S(=O)(=O)CCC1(C(=O)O)CCCCCCC1. The molecule has 1 N–H and O–H groups in total. The first kappa shape index (κ1) is 16.5. The van der Waals surface area contributed by atoms with Crippen LogP contribution in [0.3, 0.4) is 0 Å². The summed E-state index contributed by atoms with van der Waals surface area (Å²) in [5.41, 5.74) is -0.817. The molecule has 0 aliphatic heterocycles. The van der Waals surface area contributed by atoms with Crippen LogP contribution in [0.15, 0.2) is 0 Å². The summed E-state index contributed by atoms with van der Waals surface area (Å²) in [4.78, 5) is 11.6. The standard InChI is InChI=1S/C14H26O4S/c1-12(2)19(17,18)11-10-14(13(15)16)8-6-4-3-5-7-9-14/h12H,3-11H2,1-2H3,(H,15,16). The smallest absolute Gasteiger partial charge is 0.309 e. The van der Waals surface area contributed by atoms with Gasteiger partial charge < -0.3 is 5.11 Å². The zero-order chi connectivity index (χ0) is 14.5. The molecule has 1 rings (SSSR count). The van der Waals surface area contributed by atoms with Crippen LogP contribution in [0.25, 0.3) is 0 Å². The maximum atomic E-state index is 11.9. The maximum absolute atomic E-state index is 11.9. The van der Waals surface area contributed by atoms with Crippen molar-refractivity contribution in [2.45, 2.75) is 70.5 Å². The molecule has 1 fully saturated rings. The van der Waals surface area contributed by atoms with Crippen LogP contribution in [0.4, 0.5) is 0 Å². The van der Waals surface area contributed by atoms with E-state index >= 15 is 0 Å². The van der Waals surface area contributed by atoms with Gasteiger partial charge in [0.2, 0.25) is 0 Å². The Hall–Kier alpha value is -0.580. The Morgan fingerprint density at radius 1 is 1.11 bits per heavy atom. The average molecular weight is 290 g/mol.